The van der Waals surface area contributed by atoms with E-state index in [1.165, 1.54) is 6.26 Å². The minimum Gasteiger partial charge on any atom is -0.341 e. The zero-order valence-corrected chi connectivity index (χ0v) is 11.5. The number of amides is 1. The molecule has 7 heteroatoms. The summed E-state index contributed by atoms with van der Waals surface area (Å²) in [7, 11) is -3.25. The molecule has 1 aliphatic carbocycles. The minimum atomic E-state index is -3.25. The number of aliphatic imine (C=N–C) groups is 1. The number of hydrogen-bond donors (Lipinski definition) is 2. The first-order valence-corrected chi connectivity index (χ1v) is 8.18. The first kappa shape index (κ1) is 13.3. The molecule has 1 spiro atoms. The molecule has 0 aromatic carbocycles. The van der Waals surface area contributed by atoms with Gasteiger partial charge in [0.25, 0.3) is 5.91 Å². The van der Waals surface area contributed by atoms with Crippen molar-refractivity contribution in [2.75, 3.05) is 12.8 Å². The van der Waals surface area contributed by atoms with Crippen molar-refractivity contribution in [3.63, 3.8) is 0 Å². The summed E-state index contributed by atoms with van der Waals surface area (Å²) < 4.78 is 23.6. The van der Waals surface area contributed by atoms with E-state index in [1.807, 2.05) is 6.92 Å². The summed E-state index contributed by atoms with van der Waals surface area (Å²) in [6.07, 6.45) is 3.88. The second-order valence-electron chi connectivity index (χ2n) is 4.99. The van der Waals surface area contributed by atoms with Gasteiger partial charge in [0.1, 0.15) is 5.54 Å². The van der Waals surface area contributed by atoms with Crippen LogP contribution in [-0.2, 0) is 14.6 Å². The zero-order valence-electron chi connectivity index (χ0n) is 10.7. The quantitative estimate of drug-likeness (QED) is 0.746. The third-order valence-corrected chi connectivity index (χ3v) is 5.25. The molecule has 102 valence electrons. The van der Waals surface area contributed by atoms with Crippen molar-refractivity contribution in [2.24, 2.45) is 4.99 Å². The van der Waals surface area contributed by atoms with Gasteiger partial charge in [-0.05, 0) is 25.7 Å². The van der Waals surface area contributed by atoms with Gasteiger partial charge in [-0.3, -0.25) is 15.1 Å². The van der Waals surface area contributed by atoms with Gasteiger partial charge in [-0.25, -0.2) is 8.42 Å². The van der Waals surface area contributed by atoms with Crippen molar-refractivity contribution in [2.45, 2.75) is 43.4 Å². The van der Waals surface area contributed by atoms with E-state index in [-0.39, 0.29) is 5.91 Å². The van der Waals surface area contributed by atoms with E-state index >= 15 is 0 Å². The smallest absolute Gasteiger partial charge is 0.253 e. The lowest BCUT2D eigenvalue weighted by atomic mass is 9.98. The molecule has 0 radical (unpaired) electrons. The predicted molar refractivity (Wildman–Crippen MR) is 69.1 cm³/mol. The van der Waals surface area contributed by atoms with Crippen LogP contribution in [0.4, 0.5) is 0 Å². The fourth-order valence-electron chi connectivity index (χ4n) is 2.78. The van der Waals surface area contributed by atoms with Crippen LogP contribution in [0, 0.1) is 0 Å². The van der Waals surface area contributed by atoms with Crippen LogP contribution in [0.5, 0.6) is 0 Å². The number of carbonyl (C=O) groups is 1. The predicted octanol–water partition coefficient (Wildman–Crippen LogP) is -0.192. The Kier molecular flexibility index (Phi) is 3.35. The Labute approximate surface area is 107 Å². The maximum absolute atomic E-state index is 12.1. The highest BCUT2D eigenvalue weighted by Gasteiger charge is 2.57. The van der Waals surface area contributed by atoms with E-state index < -0.39 is 20.6 Å². The molecule has 2 N–H and O–H groups in total. The van der Waals surface area contributed by atoms with Crippen molar-refractivity contribution in [1.82, 2.24) is 10.6 Å². The molecule has 18 heavy (non-hydrogen) atoms. The molecular formula is C11H19N3O3S. The Morgan fingerprint density at radius 1 is 1.50 bits per heavy atom. The van der Waals surface area contributed by atoms with Crippen molar-refractivity contribution in [1.29, 1.82) is 0 Å². The van der Waals surface area contributed by atoms with E-state index in [0.717, 1.165) is 12.8 Å². The molecule has 2 rings (SSSR count). The van der Waals surface area contributed by atoms with Crippen molar-refractivity contribution in [3.8, 4) is 0 Å². The summed E-state index contributed by atoms with van der Waals surface area (Å²) in [6.45, 7) is 2.60. The lowest BCUT2D eigenvalue weighted by molar-refractivity contribution is -0.123. The van der Waals surface area contributed by atoms with E-state index in [9.17, 15) is 13.2 Å². The van der Waals surface area contributed by atoms with Crippen LogP contribution in [0.2, 0.25) is 0 Å². The van der Waals surface area contributed by atoms with Crippen LogP contribution in [0.25, 0.3) is 0 Å². The Morgan fingerprint density at radius 3 is 2.83 bits per heavy atom. The molecule has 1 saturated heterocycles. The van der Waals surface area contributed by atoms with Crippen LogP contribution < -0.4 is 10.6 Å². The van der Waals surface area contributed by atoms with Crippen LogP contribution in [0.15, 0.2) is 4.99 Å². The van der Waals surface area contributed by atoms with Gasteiger partial charge in [-0.15, -0.1) is 0 Å². The maximum Gasteiger partial charge on any atom is 0.253 e. The fourth-order valence-corrected chi connectivity index (χ4v) is 4.39. The number of carbonyl (C=O) groups excluding carboxylic acids is 1. The number of hydrogen-bond acceptors (Lipinski definition) is 4. The first-order chi connectivity index (χ1) is 8.40. The third kappa shape index (κ3) is 2.11. The topological polar surface area (TPSA) is 87.6 Å². The van der Waals surface area contributed by atoms with Gasteiger partial charge in [0, 0.05) is 12.8 Å². The third-order valence-electron chi connectivity index (χ3n) is 3.58. The Hall–Kier alpha value is -1.11. The standard InChI is InChI=1S/C11H19N3O3S/c1-3-7-12-10-13-9(15)11(14-10)6-4-5-8(11)18(2,16)17/h8H,3-7H2,1-2H3,(H2,12,13,14,15). The van der Waals surface area contributed by atoms with E-state index in [1.54, 1.807) is 0 Å². The normalized spacial score (nSPS) is 34.0. The number of guanidine groups is 1. The molecule has 2 atom stereocenters. The molecule has 1 aliphatic heterocycles. The van der Waals surface area contributed by atoms with Gasteiger partial charge in [0.05, 0.1) is 5.25 Å². The molecule has 0 bridgehead atoms. The van der Waals surface area contributed by atoms with Gasteiger partial charge in [-0.2, -0.15) is 0 Å². The summed E-state index contributed by atoms with van der Waals surface area (Å²) in [4.78, 5) is 16.3. The maximum atomic E-state index is 12.1. The van der Waals surface area contributed by atoms with Gasteiger partial charge >= 0.3 is 0 Å². The summed E-state index contributed by atoms with van der Waals surface area (Å²) in [5, 5.41) is 5.02. The Bertz CT molecular complexity index is 486. The van der Waals surface area contributed by atoms with Crippen molar-refractivity contribution >= 4 is 21.7 Å². The number of sulfone groups is 1. The van der Waals surface area contributed by atoms with Gasteiger partial charge < -0.3 is 5.32 Å². The first-order valence-electron chi connectivity index (χ1n) is 6.23. The number of rotatable bonds is 3. The van der Waals surface area contributed by atoms with Crippen LogP contribution >= 0.6 is 0 Å². The van der Waals surface area contributed by atoms with Crippen LogP contribution in [0.1, 0.15) is 32.6 Å². The highest BCUT2D eigenvalue weighted by atomic mass is 32.2. The summed E-state index contributed by atoms with van der Waals surface area (Å²) >= 11 is 0. The van der Waals surface area contributed by atoms with Gasteiger partial charge in [0.15, 0.2) is 15.8 Å². The molecule has 0 aromatic rings. The van der Waals surface area contributed by atoms with E-state index in [2.05, 4.69) is 15.6 Å². The lowest BCUT2D eigenvalue weighted by Crippen LogP contribution is -2.55. The average Bonchev–Trinajstić information content (AvgIpc) is 2.82. The summed E-state index contributed by atoms with van der Waals surface area (Å²) in [5.74, 6) is 0.155. The summed E-state index contributed by atoms with van der Waals surface area (Å²) in [5.41, 5.74) is -1.000. The molecule has 1 heterocycles. The second kappa shape index (κ2) is 4.53. The Balaban J connectivity index is 2.29. The highest BCUT2D eigenvalue weighted by molar-refractivity contribution is 7.91. The Morgan fingerprint density at radius 2 is 2.22 bits per heavy atom. The van der Waals surface area contributed by atoms with Gasteiger partial charge in [-0.1, -0.05) is 6.92 Å². The van der Waals surface area contributed by atoms with E-state index in [0.29, 0.717) is 25.3 Å². The van der Waals surface area contributed by atoms with Crippen LogP contribution in [-0.4, -0.2) is 43.9 Å². The monoisotopic (exact) mass is 273 g/mol. The number of nitrogens with one attached hydrogen (secondary N) is 2. The largest absolute Gasteiger partial charge is 0.341 e. The molecule has 2 fully saturated rings. The fraction of sp³-hybridized carbons (Fsp3) is 0.818. The van der Waals surface area contributed by atoms with Crippen molar-refractivity contribution < 1.29 is 13.2 Å². The molecular weight excluding hydrogens is 254 g/mol. The van der Waals surface area contributed by atoms with Crippen molar-refractivity contribution in [3.05, 3.63) is 0 Å². The molecule has 6 nitrogen and oxygen atoms in total. The SMILES string of the molecule is CCCN=C1NC(=O)C2(CCCC2S(C)(=O)=O)N1. The molecule has 1 amide bonds. The molecule has 0 aromatic heterocycles. The van der Waals surface area contributed by atoms with Gasteiger partial charge in [0.2, 0.25) is 0 Å². The molecule has 1 saturated carbocycles. The number of nitrogens with zero attached hydrogens (tertiary/aromatic N) is 1. The second-order valence-corrected chi connectivity index (χ2v) is 7.22. The molecule has 2 unspecified atom stereocenters. The van der Waals surface area contributed by atoms with E-state index in [4.69, 9.17) is 0 Å². The van der Waals surface area contributed by atoms with Crippen LogP contribution in [0.3, 0.4) is 0 Å². The lowest BCUT2D eigenvalue weighted by Gasteiger charge is -2.26. The summed E-state index contributed by atoms with van der Waals surface area (Å²) in [6, 6.07) is 0. The minimum absolute atomic E-state index is 0.259. The molecule has 2 aliphatic rings. The highest BCUT2D eigenvalue weighted by Crippen LogP contribution is 2.36. The average molecular weight is 273 g/mol. The zero-order chi connectivity index (χ0) is 13.4.